The minimum atomic E-state index is 0.0512. The third-order valence-electron chi connectivity index (χ3n) is 8.02. The van der Waals surface area contributed by atoms with Crippen molar-refractivity contribution >= 4 is 14.6 Å². The average molecular weight is 319 g/mol. The second-order valence-corrected chi connectivity index (χ2v) is 12.4. The van der Waals surface area contributed by atoms with Crippen molar-refractivity contribution in [1.29, 1.82) is 0 Å². The van der Waals surface area contributed by atoms with Gasteiger partial charge in [0.25, 0.3) is 0 Å². The molecule has 0 aromatic carbocycles. The molecule has 0 saturated carbocycles. The summed E-state index contributed by atoms with van der Waals surface area (Å²) in [4.78, 5) is 0. The highest BCUT2D eigenvalue weighted by molar-refractivity contribution is 7.59. The molecule has 4 rings (SSSR count). The van der Waals surface area contributed by atoms with Gasteiger partial charge in [0, 0.05) is 7.92 Å². The molecule has 4 aliphatic heterocycles. The fourth-order valence-electron chi connectivity index (χ4n) is 6.99. The zero-order valence-corrected chi connectivity index (χ0v) is 15.7. The maximum atomic E-state index is 1.70. The third kappa shape index (κ3) is 3.45. The van der Waals surface area contributed by atoms with Crippen molar-refractivity contribution in [2.75, 3.05) is 6.16 Å². The van der Waals surface area contributed by atoms with Crippen molar-refractivity contribution in [3.63, 3.8) is 0 Å². The van der Waals surface area contributed by atoms with Gasteiger partial charge < -0.3 is 0 Å². The Kier molecular flexibility index (Phi) is 5.51. The lowest BCUT2D eigenvalue weighted by atomic mass is 9.26. The summed E-state index contributed by atoms with van der Waals surface area (Å²) in [5.74, 6) is 2.30. The van der Waals surface area contributed by atoms with Gasteiger partial charge in [-0.25, -0.2) is 0 Å². The molecule has 4 bridgehead atoms. The van der Waals surface area contributed by atoms with Crippen LogP contribution >= 0.6 is 7.92 Å². The van der Waals surface area contributed by atoms with Crippen molar-refractivity contribution in [1.82, 2.24) is 0 Å². The Morgan fingerprint density at radius 1 is 0.636 bits per heavy atom. The average Bonchev–Trinajstić information content (AvgIpc) is 2.51. The van der Waals surface area contributed by atoms with Crippen LogP contribution in [0.1, 0.15) is 89.9 Å². The molecule has 22 heavy (non-hydrogen) atoms. The SMILES string of the molecule is C(CC[PH+]1C2CCCC1CCC2)CB1C2CCCC1CCC2. The Labute approximate surface area is 140 Å². The van der Waals surface area contributed by atoms with E-state index in [1.807, 2.05) is 0 Å². The first-order valence-electron chi connectivity index (χ1n) is 10.8. The molecule has 0 spiro atoms. The largest absolute Gasteiger partial charge is 0.146 e. The molecule has 4 aliphatic rings. The molecule has 2 heteroatoms. The van der Waals surface area contributed by atoms with Crippen molar-refractivity contribution in [3.8, 4) is 0 Å². The number of rotatable bonds is 5. The topological polar surface area (TPSA) is 0 Å². The van der Waals surface area contributed by atoms with Crippen LogP contribution in [0.2, 0.25) is 18.0 Å². The van der Waals surface area contributed by atoms with Crippen LogP contribution in [0.4, 0.5) is 0 Å². The van der Waals surface area contributed by atoms with Crippen LogP contribution < -0.4 is 0 Å². The van der Waals surface area contributed by atoms with E-state index in [0.29, 0.717) is 0 Å². The Balaban J connectivity index is 1.22. The number of unbranched alkanes of at least 4 members (excludes halogenated alkanes) is 1. The van der Waals surface area contributed by atoms with E-state index in [4.69, 9.17) is 0 Å². The summed E-state index contributed by atoms with van der Waals surface area (Å²) < 4.78 is 0. The van der Waals surface area contributed by atoms with E-state index in [1.54, 1.807) is 102 Å². The Morgan fingerprint density at radius 2 is 1.14 bits per heavy atom. The van der Waals surface area contributed by atoms with Crippen LogP contribution in [0.25, 0.3) is 0 Å². The molecular weight excluding hydrogens is 282 g/mol. The smallest absolute Gasteiger partial charge is 0.0736 e. The van der Waals surface area contributed by atoms with Gasteiger partial charge >= 0.3 is 0 Å². The molecule has 0 nitrogen and oxygen atoms in total. The second kappa shape index (κ2) is 7.59. The zero-order chi connectivity index (χ0) is 14.8. The van der Waals surface area contributed by atoms with Crippen LogP contribution in [0.15, 0.2) is 0 Å². The Morgan fingerprint density at radius 3 is 1.68 bits per heavy atom. The van der Waals surface area contributed by atoms with E-state index in [2.05, 4.69) is 0 Å². The summed E-state index contributed by atoms with van der Waals surface area (Å²) in [6.45, 7) is 1.16. The first kappa shape index (κ1) is 16.0. The summed E-state index contributed by atoms with van der Waals surface area (Å²) in [6, 6.07) is 0. The van der Waals surface area contributed by atoms with Gasteiger partial charge in [-0.15, -0.1) is 0 Å². The van der Waals surface area contributed by atoms with Crippen LogP contribution in [0.3, 0.4) is 0 Å². The molecule has 0 radical (unpaired) electrons. The fourth-order valence-corrected chi connectivity index (χ4v) is 11.4. The van der Waals surface area contributed by atoms with Gasteiger partial charge in [-0.3, -0.25) is 0 Å². The molecule has 4 fully saturated rings. The lowest BCUT2D eigenvalue weighted by Gasteiger charge is -2.41. The molecule has 0 atom stereocenters. The van der Waals surface area contributed by atoms with Crippen LogP contribution in [0.5, 0.6) is 0 Å². The lowest BCUT2D eigenvalue weighted by Crippen LogP contribution is -2.34. The predicted octanol–water partition coefficient (Wildman–Crippen LogP) is 6.69. The molecule has 0 unspecified atom stereocenters. The molecule has 0 N–H and O–H groups in total. The first-order valence-corrected chi connectivity index (χ1v) is 12.6. The number of fused-ring (bicyclic) bond motifs is 4. The number of hydrogen-bond donors (Lipinski definition) is 0. The summed E-state index contributed by atoms with van der Waals surface area (Å²) >= 11 is 0. The highest BCUT2D eigenvalue weighted by Gasteiger charge is 2.42. The molecule has 4 heterocycles. The zero-order valence-electron chi connectivity index (χ0n) is 14.7. The summed E-state index contributed by atoms with van der Waals surface area (Å²) in [5, 5.41) is 0. The van der Waals surface area contributed by atoms with Gasteiger partial charge in [-0.2, -0.15) is 0 Å². The highest BCUT2D eigenvalue weighted by atomic mass is 31.1. The minimum Gasteiger partial charge on any atom is -0.0736 e. The molecule has 0 aromatic rings. The van der Waals surface area contributed by atoms with Crippen LogP contribution in [-0.2, 0) is 0 Å². The van der Waals surface area contributed by atoms with E-state index in [0.717, 1.165) is 18.3 Å². The van der Waals surface area contributed by atoms with Gasteiger partial charge in [0.15, 0.2) is 0 Å². The van der Waals surface area contributed by atoms with Gasteiger partial charge in [0.2, 0.25) is 0 Å². The molecule has 124 valence electrons. The Bertz CT molecular complexity index is 280. The molecular formula is C20H37BP+. The second-order valence-electron chi connectivity index (χ2n) is 9.12. The Hall–Kier alpha value is 0.495. The monoisotopic (exact) mass is 319 g/mol. The van der Waals surface area contributed by atoms with E-state index < -0.39 is 0 Å². The minimum absolute atomic E-state index is 0.0512. The van der Waals surface area contributed by atoms with Crippen LogP contribution in [-0.4, -0.2) is 24.2 Å². The molecule has 0 aliphatic carbocycles. The van der Waals surface area contributed by atoms with Gasteiger partial charge in [-0.05, 0) is 44.9 Å². The van der Waals surface area contributed by atoms with Gasteiger partial charge in [0.1, 0.15) is 6.71 Å². The molecule has 0 amide bonds. The standard InChI is InChI=1S/C20H36BP/c1(15-21-17-7-3-8-18(21)10-4-9-17)2-16-22-19-11-5-12-20(22)14-6-13-19/h17-20H,1-16H2/p+1. The van der Waals surface area contributed by atoms with E-state index in [-0.39, 0.29) is 7.92 Å². The third-order valence-corrected chi connectivity index (χ3v) is 12.2. The predicted molar refractivity (Wildman–Crippen MR) is 103 cm³/mol. The van der Waals surface area contributed by atoms with E-state index in [1.165, 1.54) is 11.3 Å². The van der Waals surface area contributed by atoms with E-state index >= 15 is 0 Å². The number of hydrogen-bond acceptors (Lipinski definition) is 0. The summed E-state index contributed by atoms with van der Waals surface area (Å²) in [5.41, 5.74) is 2.48. The van der Waals surface area contributed by atoms with Crippen molar-refractivity contribution < 1.29 is 0 Å². The van der Waals surface area contributed by atoms with Crippen molar-refractivity contribution in [2.45, 2.75) is 119 Å². The van der Waals surface area contributed by atoms with Crippen molar-refractivity contribution in [3.05, 3.63) is 0 Å². The van der Waals surface area contributed by atoms with E-state index in [9.17, 15) is 0 Å². The van der Waals surface area contributed by atoms with Gasteiger partial charge in [-0.1, -0.05) is 62.9 Å². The molecule has 4 saturated heterocycles. The van der Waals surface area contributed by atoms with Crippen molar-refractivity contribution in [2.24, 2.45) is 0 Å². The maximum Gasteiger partial charge on any atom is 0.146 e. The van der Waals surface area contributed by atoms with Gasteiger partial charge in [0.05, 0.1) is 17.5 Å². The first-order chi connectivity index (χ1) is 10.9. The fraction of sp³-hybridized carbons (Fsp3) is 1.00. The normalized spacial score (nSPS) is 41.5. The molecule has 0 aromatic heterocycles. The quantitative estimate of drug-likeness (QED) is 0.301. The maximum absolute atomic E-state index is 1.70. The highest BCUT2D eigenvalue weighted by Crippen LogP contribution is 2.60. The summed E-state index contributed by atoms with van der Waals surface area (Å²) in [7, 11) is 0.0512. The summed E-state index contributed by atoms with van der Waals surface area (Å²) in [6.07, 6.45) is 25.6. The van der Waals surface area contributed by atoms with Crippen LogP contribution in [0, 0.1) is 0 Å². The lowest BCUT2D eigenvalue weighted by molar-refractivity contribution is 0.440.